The number of likely N-dealkylation sites (tertiary alicyclic amines) is 1. The van der Waals surface area contributed by atoms with E-state index in [0.29, 0.717) is 44.6 Å². The first-order valence-corrected chi connectivity index (χ1v) is 20.9. The lowest BCUT2D eigenvalue weighted by Gasteiger charge is -2.40. The standard InChI is InChI=1S/C41H65NO7S/c1-10-11-13-16-32(44)36(46)28(21-27-17-18-27)22-33(45)35-34-31(40(34,8)9)25-42(35)37(47)30(38(2,3)4)23-29(43)24-41(19-14-12-15-20-41)26-50(48,49)39(5,6)7/h10,27-28,30-31,34-35H,1,11-26H2,2-9H3/t28?,30-,31?,34+,35-/m1/s1. The number of amides is 1. The summed E-state index contributed by atoms with van der Waals surface area (Å²) in [5.41, 5.74) is -1.33. The van der Waals surface area contributed by atoms with E-state index in [1.165, 1.54) is 0 Å². The Morgan fingerprint density at radius 3 is 2.10 bits per heavy atom. The van der Waals surface area contributed by atoms with Gasteiger partial charge in [0.25, 0.3) is 0 Å². The van der Waals surface area contributed by atoms with E-state index in [2.05, 4.69) is 20.4 Å². The van der Waals surface area contributed by atoms with Crippen molar-refractivity contribution in [2.24, 2.45) is 45.8 Å². The van der Waals surface area contributed by atoms with E-state index >= 15 is 0 Å². The van der Waals surface area contributed by atoms with Crippen LogP contribution >= 0.6 is 0 Å². The lowest BCUT2D eigenvalue weighted by Crippen LogP contribution is -2.51. The summed E-state index contributed by atoms with van der Waals surface area (Å²) in [6.07, 6.45) is 9.86. The van der Waals surface area contributed by atoms with Crippen LogP contribution in [0.4, 0.5) is 0 Å². The van der Waals surface area contributed by atoms with Crippen LogP contribution in [0.3, 0.4) is 0 Å². The number of carbonyl (C=O) groups is 5. The summed E-state index contributed by atoms with van der Waals surface area (Å²) >= 11 is 0. The summed E-state index contributed by atoms with van der Waals surface area (Å²) in [5, 5.41) is 0. The highest BCUT2D eigenvalue weighted by Gasteiger charge is 2.69. The van der Waals surface area contributed by atoms with Gasteiger partial charge in [-0.25, -0.2) is 8.42 Å². The molecular formula is C41H65NO7S. The molecule has 0 bridgehead atoms. The van der Waals surface area contributed by atoms with Gasteiger partial charge in [0.2, 0.25) is 11.7 Å². The molecule has 50 heavy (non-hydrogen) atoms. The fraction of sp³-hybridized carbons (Fsp3) is 0.829. The van der Waals surface area contributed by atoms with Gasteiger partial charge < -0.3 is 4.90 Å². The monoisotopic (exact) mass is 715 g/mol. The van der Waals surface area contributed by atoms with Crippen LogP contribution in [0, 0.1) is 45.8 Å². The van der Waals surface area contributed by atoms with E-state index in [1.807, 2.05) is 20.8 Å². The molecule has 282 valence electrons. The number of ketones is 4. The minimum Gasteiger partial charge on any atom is -0.332 e. The molecule has 4 fully saturated rings. The van der Waals surface area contributed by atoms with Crippen molar-refractivity contribution in [1.29, 1.82) is 0 Å². The molecule has 4 rings (SSSR count). The Morgan fingerprint density at radius 1 is 0.940 bits per heavy atom. The summed E-state index contributed by atoms with van der Waals surface area (Å²) in [5.74, 6) is -2.23. The third-order valence-corrected chi connectivity index (χ3v) is 15.6. The number of piperidine rings is 1. The van der Waals surface area contributed by atoms with Crippen LogP contribution < -0.4 is 0 Å². The molecule has 1 aliphatic heterocycles. The zero-order valence-corrected chi connectivity index (χ0v) is 33.1. The van der Waals surface area contributed by atoms with E-state index < -0.39 is 54.9 Å². The van der Waals surface area contributed by atoms with Crippen LogP contribution in [0.25, 0.3) is 0 Å². The zero-order valence-electron chi connectivity index (χ0n) is 32.3. The molecule has 9 heteroatoms. The van der Waals surface area contributed by atoms with Crippen LogP contribution in [0.1, 0.15) is 145 Å². The van der Waals surface area contributed by atoms with Crippen LogP contribution in [-0.2, 0) is 33.8 Å². The summed E-state index contributed by atoms with van der Waals surface area (Å²) in [4.78, 5) is 70.9. The molecule has 0 aromatic heterocycles. The van der Waals surface area contributed by atoms with E-state index in [-0.39, 0.29) is 66.2 Å². The number of allylic oxidation sites excluding steroid dienone is 1. The number of hydrogen-bond donors (Lipinski definition) is 0. The first-order chi connectivity index (χ1) is 23.0. The maximum Gasteiger partial charge on any atom is 0.227 e. The quantitative estimate of drug-likeness (QED) is 0.0818. The van der Waals surface area contributed by atoms with Crippen LogP contribution in [0.15, 0.2) is 12.7 Å². The zero-order chi connectivity index (χ0) is 37.4. The smallest absolute Gasteiger partial charge is 0.227 e. The van der Waals surface area contributed by atoms with Crippen molar-refractivity contribution in [3.8, 4) is 0 Å². The van der Waals surface area contributed by atoms with Crippen molar-refractivity contribution in [2.75, 3.05) is 12.3 Å². The third kappa shape index (κ3) is 9.25. The number of carbonyl (C=O) groups excluding carboxylic acids is 5. The van der Waals surface area contributed by atoms with Gasteiger partial charge in [0.1, 0.15) is 5.78 Å². The maximum absolute atomic E-state index is 14.6. The fourth-order valence-corrected chi connectivity index (χ4v) is 10.6. The Morgan fingerprint density at radius 2 is 1.56 bits per heavy atom. The van der Waals surface area contributed by atoms with Crippen molar-refractivity contribution in [3.05, 3.63) is 12.7 Å². The average Bonchev–Trinajstić information content (AvgIpc) is 3.85. The average molecular weight is 716 g/mol. The Kier molecular flexibility index (Phi) is 12.2. The molecule has 0 N–H and O–H groups in total. The Labute approximate surface area is 302 Å². The maximum atomic E-state index is 14.6. The van der Waals surface area contributed by atoms with Gasteiger partial charge in [-0.15, -0.1) is 6.58 Å². The number of nitrogens with zero attached hydrogens (tertiary/aromatic N) is 1. The van der Waals surface area contributed by atoms with Crippen molar-refractivity contribution < 1.29 is 32.4 Å². The Balaban J connectivity index is 1.54. The van der Waals surface area contributed by atoms with Crippen molar-refractivity contribution >= 4 is 38.9 Å². The highest BCUT2D eigenvalue weighted by Crippen LogP contribution is 2.65. The third-order valence-electron chi connectivity index (χ3n) is 12.7. The van der Waals surface area contributed by atoms with Crippen LogP contribution in [-0.4, -0.2) is 65.4 Å². The lowest BCUT2D eigenvalue weighted by atomic mass is 9.70. The highest BCUT2D eigenvalue weighted by molar-refractivity contribution is 7.92. The van der Waals surface area contributed by atoms with E-state index in [4.69, 9.17) is 0 Å². The molecule has 3 aliphatic carbocycles. The minimum absolute atomic E-state index is 0.00220. The molecule has 0 radical (unpaired) electrons. The number of Topliss-reactive ketones (excluding diaryl/α,β-unsaturated/α-hetero) is 4. The summed E-state index contributed by atoms with van der Waals surface area (Å²) in [6, 6.07) is -0.686. The number of unbranched alkanes of at least 4 members (excludes halogenated alkanes) is 1. The molecule has 8 nitrogen and oxygen atoms in total. The first kappa shape index (κ1) is 40.6. The van der Waals surface area contributed by atoms with Gasteiger partial charge >= 0.3 is 0 Å². The lowest BCUT2D eigenvalue weighted by molar-refractivity contribution is -0.148. The summed E-state index contributed by atoms with van der Waals surface area (Å²) < 4.78 is 25.9. The second kappa shape index (κ2) is 15.1. The van der Waals surface area contributed by atoms with Gasteiger partial charge in [-0.2, -0.15) is 0 Å². The van der Waals surface area contributed by atoms with Crippen molar-refractivity contribution in [1.82, 2.24) is 4.90 Å². The van der Waals surface area contributed by atoms with Gasteiger partial charge in [0.05, 0.1) is 16.5 Å². The van der Waals surface area contributed by atoms with E-state index in [0.717, 1.165) is 32.1 Å². The number of fused-ring (bicyclic) bond motifs is 1. The molecule has 2 unspecified atom stereocenters. The summed E-state index contributed by atoms with van der Waals surface area (Å²) in [7, 11) is -3.46. The van der Waals surface area contributed by atoms with Gasteiger partial charge in [0.15, 0.2) is 21.4 Å². The van der Waals surface area contributed by atoms with E-state index in [1.54, 1.807) is 31.7 Å². The summed E-state index contributed by atoms with van der Waals surface area (Å²) in [6.45, 7) is 19.3. The van der Waals surface area contributed by atoms with Crippen molar-refractivity contribution in [3.63, 3.8) is 0 Å². The predicted octanol–water partition coefficient (Wildman–Crippen LogP) is 7.51. The molecule has 1 amide bonds. The number of hydrogen-bond acceptors (Lipinski definition) is 7. The van der Waals surface area contributed by atoms with Crippen molar-refractivity contribution in [2.45, 2.75) is 156 Å². The normalized spacial score (nSPS) is 25.7. The van der Waals surface area contributed by atoms with Gasteiger partial charge in [-0.3, -0.25) is 24.0 Å². The molecule has 0 spiro atoms. The SMILES string of the molecule is C=CCCCC(=O)C(=O)C(CC(=O)[C@@H]1[C@@H]2C(CN1C(=O)[C@@H](CC(=O)CC1(CS(=O)(=O)C(C)(C)C)CCCCC1)C(C)(C)C)C2(C)C)CC1CC1. The Bertz CT molecular complexity index is 1440. The largest absolute Gasteiger partial charge is 0.332 e. The topological polar surface area (TPSA) is 123 Å². The van der Waals surface area contributed by atoms with Crippen LogP contribution in [0.2, 0.25) is 0 Å². The second-order valence-corrected chi connectivity index (χ2v) is 21.9. The molecule has 0 aromatic carbocycles. The highest BCUT2D eigenvalue weighted by atomic mass is 32.2. The first-order valence-electron chi connectivity index (χ1n) is 19.3. The molecule has 4 aliphatic rings. The van der Waals surface area contributed by atoms with Crippen LogP contribution in [0.5, 0.6) is 0 Å². The molecule has 1 saturated heterocycles. The van der Waals surface area contributed by atoms with Gasteiger partial charge in [-0.05, 0) is 86.9 Å². The number of rotatable bonds is 18. The van der Waals surface area contributed by atoms with E-state index in [9.17, 15) is 32.4 Å². The molecular weight excluding hydrogens is 651 g/mol. The second-order valence-electron chi connectivity index (χ2n) is 19.2. The Hall–Kier alpha value is -2.16. The molecule has 5 atom stereocenters. The molecule has 1 heterocycles. The van der Waals surface area contributed by atoms with Gasteiger partial charge in [0, 0.05) is 44.1 Å². The molecule has 0 aromatic rings. The fourth-order valence-electron chi connectivity index (χ4n) is 9.02. The molecule has 3 saturated carbocycles. The predicted molar refractivity (Wildman–Crippen MR) is 197 cm³/mol. The number of sulfone groups is 1. The minimum atomic E-state index is -3.46. The van der Waals surface area contributed by atoms with Gasteiger partial charge in [-0.1, -0.05) is 72.8 Å².